The molecule has 0 atom stereocenters. The Morgan fingerprint density at radius 1 is 1.08 bits per heavy atom. The van der Waals surface area contributed by atoms with Crippen LogP contribution in [0.5, 0.6) is 0 Å². The quantitative estimate of drug-likeness (QED) is 0.801. The van der Waals surface area contributed by atoms with Crippen LogP contribution in [-0.4, -0.2) is 11.8 Å². The minimum atomic E-state index is -0.202. The van der Waals surface area contributed by atoms with E-state index in [4.69, 9.17) is 0 Å². The molecule has 3 rings (SSSR count). The maximum absolute atomic E-state index is 12.2. The van der Waals surface area contributed by atoms with Gasteiger partial charge in [-0.05, 0) is 46.7 Å². The summed E-state index contributed by atoms with van der Waals surface area (Å²) in [5.41, 5.74) is 4.89. The second kappa shape index (κ2) is 7.16. The molecule has 0 unspecified atom stereocenters. The van der Waals surface area contributed by atoms with Gasteiger partial charge < -0.3 is 10.6 Å². The van der Waals surface area contributed by atoms with Gasteiger partial charge in [-0.1, -0.05) is 51.1 Å². The lowest BCUT2D eigenvalue weighted by atomic mass is 9.87. The van der Waals surface area contributed by atoms with Gasteiger partial charge in [0.05, 0.1) is 0 Å². The number of carbonyl (C=O) groups is 2. The van der Waals surface area contributed by atoms with Crippen LogP contribution in [0, 0.1) is 0 Å². The molecular weight excluding hydrogens is 324 g/mol. The minimum absolute atomic E-state index is 0.0135. The lowest BCUT2D eigenvalue weighted by molar-refractivity contribution is -0.116. The van der Waals surface area contributed by atoms with Gasteiger partial charge in [-0.25, -0.2) is 0 Å². The molecule has 134 valence electrons. The van der Waals surface area contributed by atoms with Crippen molar-refractivity contribution in [1.82, 2.24) is 0 Å². The molecule has 0 aliphatic carbocycles. The number of anilines is 2. The van der Waals surface area contributed by atoms with E-state index >= 15 is 0 Å². The van der Waals surface area contributed by atoms with E-state index in [9.17, 15) is 9.59 Å². The molecule has 2 N–H and O–H groups in total. The van der Waals surface area contributed by atoms with Crippen molar-refractivity contribution in [3.05, 3.63) is 65.2 Å². The Morgan fingerprint density at radius 3 is 2.50 bits per heavy atom. The number of rotatable bonds is 3. The molecular formula is C22H24N2O2. The zero-order valence-electron chi connectivity index (χ0n) is 15.4. The highest BCUT2D eigenvalue weighted by molar-refractivity contribution is 6.03. The number of hydrogen-bond donors (Lipinski definition) is 2. The number of nitrogens with one attached hydrogen (secondary N) is 2. The molecule has 0 radical (unpaired) electrons. The topological polar surface area (TPSA) is 58.2 Å². The molecule has 2 aromatic carbocycles. The fourth-order valence-electron chi connectivity index (χ4n) is 2.90. The summed E-state index contributed by atoms with van der Waals surface area (Å²) in [6.07, 6.45) is 4.56. The first-order chi connectivity index (χ1) is 12.3. The van der Waals surface area contributed by atoms with E-state index in [1.807, 2.05) is 24.3 Å². The highest BCUT2D eigenvalue weighted by Crippen LogP contribution is 2.26. The molecule has 1 aliphatic rings. The Morgan fingerprint density at radius 2 is 1.81 bits per heavy atom. The number of carbonyl (C=O) groups excluding carboxylic acids is 2. The van der Waals surface area contributed by atoms with Crippen molar-refractivity contribution in [2.24, 2.45) is 0 Å². The normalized spacial score (nSPS) is 14.0. The first-order valence-electron chi connectivity index (χ1n) is 8.84. The van der Waals surface area contributed by atoms with Crippen LogP contribution in [-0.2, 0) is 21.4 Å². The van der Waals surface area contributed by atoms with Gasteiger partial charge in [-0.3, -0.25) is 9.59 Å². The predicted octanol–water partition coefficient (Wildman–Crippen LogP) is 4.52. The number of aryl methyl sites for hydroxylation is 1. The van der Waals surface area contributed by atoms with Crippen LogP contribution in [0.25, 0.3) is 6.08 Å². The standard InChI is InChI=1S/C22H24N2O2/c1-22(2,3)17-9-4-15(5-10-17)6-12-20(25)23-18-11-7-16-8-13-21(26)24-19(16)14-18/h4-7,9-12,14H,8,13H2,1-3H3,(H,23,25)(H,24,26)/b12-6+. The fourth-order valence-corrected chi connectivity index (χ4v) is 2.90. The molecule has 0 bridgehead atoms. The van der Waals surface area contributed by atoms with Crippen molar-refractivity contribution in [2.45, 2.75) is 39.0 Å². The number of amides is 2. The molecule has 0 saturated heterocycles. The van der Waals surface area contributed by atoms with E-state index < -0.39 is 0 Å². The third kappa shape index (κ3) is 4.39. The molecule has 0 aromatic heterocycles. The molecule has 26 heavy (non-hydrogen) atoms. The lowest BCUT2D eigenvalue weighted by Gasteiger charge is -2.18. The zero-order valence-corrected chi connectivity index (χ0v) is 15.4. The van der Waals surface area contributed by atoms with E-state index in [1.54, 1.807) is 12.1 Å². The van der Waals surface area contributed by atoms with Crippen molar-refractivity contribution < 1.29 is 9.59 Å². The van der Waals surface area contributed by atoms with Crippen molar-refractivity contribution in [3.8, 4) is 0 Å². The Hall–Kier alpha value is -2.88. The van der Waals surface area contributed by atoms with Crippen molar-refractivity contribution in [3.63, 3.8) is 0 Å². The minimum Gasteiger partial charge on any atom is -0.326 e. The first-order valence-corrected chi connectivity index (χ1v) is 8.84. The van der Waals surface area contributed by atoms with Crippen LogP contribution >= 0.6 is 0 Å². The third-order valence-corrected chi connectivity index (χ3v) is 4.48. The monoisotopic (exact) mass is 348 g/mol. The maximum Gasteiger partial charge on any atom is 0.248 e. The number of benzene rings is 2. The van der Waals surface area contributed by atoms with Gasteiger partial charge in [0.2, 0.25) is 11.8 Å². The molecule has 0 fully saturated rings. The van der Waals surface area contributed by atoms with E-state index in [-0.39, 0.29) is 17.2 Å². The van der Waals surface area contributed by atoms with E-state index in [1.165, 1.54) is 11.6 Å². The molecule has 0 saturated carbocycles. The summed E-state index contributed by atoms with van der Waals surface area (Å²) in [5.74, 6) is -0.188. The van der Waals surface area contributed by atoms with E-state index in [0.29, 0.717) is 12.1 Å². The third-order valence-electron chi connectivity index (χ3n) is 4.48. The van der Waals surface area contributed by atoms with Crippen LogP contribution in [0.2, 0.25) is 0 Å². The van der Waals surface area contributed by atoms with Crippen molar-refractivity contribution >= 4 is 29.3 Å². The average Bonchev–Trinajstić information content (AvgIpc) is 2.59. The van der Waals surface area contributed by atoms with Gasteiger partial charge in [0, 0.05) is 23.9 Å². The highest BCUT2D eigenvalue weighted by Gasteiger charge is 2.15. The summed E-state index contributed by atoms with van der Waals surface area (Å²) >= 11 is 0. The molecule has 0 spiro atoms. The lowest BCUT2D eigenvalue weighted by Crippen LogP contribution is -2.19. The maximum atomic E-state index is 12.2. The fraction of sp³-hybridized carbons (Fsp3) is 0.273. The van der Waals surface area contributed by atoms with Crippen molar-refractivity contribution in [1.29, 1.82) is 0 Å². The Kier molecular flexibility index (Phi) is 4.94. The average molecular weight is 348 g/mol. The van der Waals surface area contributed by atoms with Gasteiger partial charge in [0.25, 0.3) is 0 Å². The van der Waals surface area contributed by atoms with Crippen molar-refractivity contribution in [2.75, 3.05) is 10.6 Å². The summed E-state index contributed by atoms with van der Waals surface area (Å²) < 4.78 is 0. The Balaban J connectivity index is 1.64. The Bertz CT molecular complexity index is 859. The Labute approximate surface area is 154 Å². The van der Waals surface area contributed by atoms with Crippen LogP contribution in [0.1, 0.15) is 43.9 Å². The second-order valence-electron chi connectivity index (χ2n) is 7.61. The summed E-state index contributed by atoms with van der Waals surface area (Å²) in [7, 11) is 0. The molecule has 4 nitrogen and oxygen atoms in total. The van der Waals surface area contributed by atoms with Crippen LogP contribution in [0.15, 0.2) is 48.5 Å². The molecule has 1 heterocycles. The van der Waals surface area contributed by atoms with Crippen LogP contribution < -0.4 is 10.6 Å². The van der Waals surface area contributed by atoms with E-state index in [0.717, 1.165) is 23.2 Å². The van der Waals surface area contributed by atoms with Gasteiger partial charge in [-0.2, -0.15) is 0 Å². The molecule has 4 heteroatoms. The molecule has 2 aromatic rings. The zero-order chi connectivity index (χ0) is 18.7. The van der Waals surface area contributed by atoms with E-state index in [2.05, 4.69) is 43.5 Å². The van der Waals surface area contributed by atoms with Gasteiger partial charge in [0.1, 0.15) is 0 Å². The highest BCUT2D eigenvalue weighted by atomic mass is 16.2. The van der Waals surface area contributed by atoms with Crippen LogP contribution in [0.4, 0.5) is 11.4 Å². The van der Waals surface area contributed by atoms with Gasteiger partial charge in [0.15, 0.2) is 0 Å². The predicted molar refractivity (Wildman–Crippen MR) is 106 cm³/mol. The smallest absolute Gasteiger partial charge is 0.248 e. The number of fused-ring (bicyclic) bond motifs is 1. The molecule has 2 amide bonds. The summed E-state index contributed by atoms with van der Waals surface area (Å²) in [5, 5.41) is 5.68. The van der Waals surface area contributed by atoms with Gasteiger partial charge in [-0.15, -0.1) is 0 Å². The first kappa shape index (κ1) is 17.9. The summed E-state index contributed by atoms with van der Waals surface area (Å²) in [6.45, 7) is 6.52. The van der Waals surface area contributed by atoms with Gasteiger partial charge >= 0.3 is 0 Å². The molecule has 1 aliphatic heterocycles. The largest absolute Gasteiger partial charge is 0.326 e. The summed E-state index contributed by atoms with van der Waals surface area (Å²) in [6, 6.07) is 13.8. The van der Waals surface area contributed by atoms with Crippen LogP contribution in [0.3, 0.4) is 0 Å². The number of hydrogen-bond acceptors (Lipinski definition) is 2. The SMILES string of the molecule is CC(C)(C)c1ccc(/C=C/C(=O)Nc2ccc3c(c2)NC(=O)CC3)cc1. The summed E-state index contributed by atoms with van der Waals surface area (Å²) in [4.78, 5) is 23.7. The second-order valence-corrected chi connectivity index (χ2v) is 7.61.